The normalized spacial score (nSPS) is 17.5. The first kappa shape index (κ1) is 25.5. The summed E-state index contributed by atoms with van der Waals surface area (Å²) >= 11 is 0. The van der Waals surface area contributed by atoms with Crippen LogP contribution in [0.4, 0.5) is 11.4 Å². The van der Waals surface area contributed by atoms with Crippen LogP contribution in [0.1, 0.15) is 36.2 Å². The van der Waals surface area contributed by atoms with E-state index in [1.54, 1.807) is 43.3 Å². The summed E-state index contributed by atoms with van der Waals surface area (Å²) in [6.45, 7) is 4.55. The van der Waals surface area contributed by atoms with E-state index in [0.717, 1.165) is 12.0 Å². The number of benzene rings is 3. The summed E-state index contributed by atoms with van der Waals surface area (Å²) < 4.78 is 35.7. The third kappa shape index (κ3) is 4.87. The second-order valence-electron chi connectivity index (χ2n) is 9.14. The van der Waals surface area contributed by atoms with Crippen LogP contribution in [0.25, 0.3) is 0 Å². The molecule has 2 amide bonds. The lowest BCUT2D eigenvalue weighted by Gasteiger charge is -2.34. The molecule has 38 heavy (non-hydrogen) atoms. The zero-order chi connectivity index (χ0) is 26.9. The number of rotatable bonds is 6. The van der Waals surface area contributed by atoms with Crippen LogP contribution in [0.2, 0.25) is 0 Å². The molecule has 1 atom stereocenters. The van der Waals surface area contributed by atoms with Crippen LogP contribution in [0.15, 0.2) is 82.1 Å². The predicted octanol–water partition coefficient (Wildman–Crippen LogP) is 3.75. The summed E-state index contributed by atoms with van der Waals surface area (Å²) in [6, 6.07) is 21.1. The fourth-order valence-electron chi connectivity index (χ4n) is 4.65. The molecule has 0 saturated carbocycles. The van der Waals surface area contributed by atoms with Crippen LogP contribution < -0.4 is 19.9 Å². The van der Waals surface area contributed by atoms with Crippen molar-refractivity contribution in [3.63, 3.8) is 0 Å². The number of ether oxygens (including phenoxy) is 1. The average molecular weight is 533 g/mol. The summed E-state index contributed by atoms with van der Waals surface area (Å²) in [5.41, 5.74) is 2.12. The molecule has 0 saturated heterocycles. The van der Waals surface area contributed by atoms with Crippen molar-refractivity contribution in [1.29, 1.82) is 0 Å². The van der Waals surface area contributed by atoms with Gasteiger partial charge in [-0.15, -0.1) is 4.40 Å². The fourth-order valence-corrected chi connectivity index (χ4v) is 5.91. The van der Waals surface area contributed by atoms with Crippen molar-refractivity contribution in [1.82, 2.24) is 5.32 Å². The van der Waals surface area contributed by atoms with Gasteiger partial charge in [0.1, 0.15) is 16.5 Å². The van der Waals surface area contributed by atoms with Crippen LogP contribution in [0.3, 0.4) is 0 Å². The van der Waals surface area contributed by atoms with Gasteiger partial charge in [0.25, 0.3) is 21.8 Å². The van der Waals surface area contributed by atoms with Gasteiger partial charge in [0, 0.05) is 18.7 Å². The highest BCUT2D eigenvalue weighted by atomic mass is 32.2. The Morgan fingerprint density at radius 1 is 1.03 bits per heavy atom. The summed E-state index contributed by atoms with van der Waals surface area (Å²) in [4.78, 5) is 30.1. The van der Waals surface area contributed by atoms with Gasteiger partial charge in [-0.05, 0) is 49.2 Å². The van der Waals surface area contributed by atoms with Crippen molar-refractivity contribution in [2.24, 2.45) is 4.40 Å². The zero-order valence-electron chi connectivity index (χ0n) is 21.1. The van der Waals surface area contributed by atoms with Gasteiger partial charge in [0.15, 0.2) is 6.10 Å². The molecular weight excluding hydrogens is 504 g/mol. The van der Waals surface area contributed by atoms with E-state index < -0.39 is 22.0 Å². The number of sulfonamides is 1. The van der Waals surface area contributed by atoms with Gasteiger partial charge in [-0.2, -0.15) is 8.42 Å². The molecule has 9 nitrogen and oxygen atoms in total. The van der Waals surface area contributed by atoms with Crippen molar-refractivity contribution in [2.45, 2.75) is 37.8 Å². The van der Waals surface area contributed by atoms with E-state index in [-0.39, 0.29) is 22.9 Å². The molecule has 0 unspecified atom stereocenters. The molecule has 196 valence electrons. The Morgan fingerprint density at radius 3 is 2.53 bits per heavy atom. The minimum atomic E-state index is -3.96. The first-order valence-electron chi connectivity index (χ1n) is 12.4. The van der Waals surface area contributed by atoms with Crippen molar-refractivity contribution in [3.05, 3.63) is 83.9 Å². The lowest BCUT2D eigenvalue weighted by atomic mass is 10.1. The van der Waals surface area contributed by atoms with Crippen LogP contribution in [-0.4, -0.2) is 45.3 Å². The van der Waals surface area contributed by atoms with Crippen LogP contribution in [0.5, 0.6) is 5.75 Å². The van der Waals surface area contributed by atoms with E-state index in [1.165, 1.54) is 11.0 Å². The van der Waals surface area contributed by atoms with Crippen LogP contribution in [-0.2, 0) is 21.4 Å². The van der Waals surface area contributed by atoms with Crippen LogP contribution in [0, 0.1) is 0 Å². The van der Waals surface area contributed by atoms with Crippen molar-refractivity contribution in [2.75, 3.05) is 22.9 Å². The second kappa shape index (κ2) is 10.3. The first-order chi connectivity index (χ1) is 18.3. The van der Waals surface area contributed by atoms with Gasteiger partial charge in [0.05, 0.1) is 17.9 Å². The molecule has 0 aromatic heterocycles. The van der Waals surface area contributed by atoms with Crippen molar-refractivity contribution in [3.8, 4) is 5.75 Å². The van der Waals surface area contributed by atoms with Gasteiger partial charge in [-0.25, -0.2) is 0 Å². The third-order valence-electron chi connectivity index (χ3n) is 6.49. The maximum Gasteiger partial charge on any atom is 0.286 e. The number of anilines is 2. The smallest absolute Gasteiger partial charge is 0.286 e. The van der Waals surface area contributed by atoms with E-state index in [0.29, 0.717) is 36.0 Å². The maximum atomic E-state index is 13.8. The minimum absolute atomic E-state index is 0.0129. The monoisotopic (exact) mass is 532 g/mol. The Labute approximate surface area is 221 Å². The van der Waals surface area contributed by atoms with E-state index in [9.17, 15) is 18.0 Å². The fraction of sp³-hybridized carbons (Fsp3) is 0.250. The van der Waals surface area contributed by atoms with Crippen molar-refractivity contribution >= 4 is 39.0 Å². The summed E-state index contributed by atoms with van der Waals surface area (Å²) in [7, 11) is -3.96. The Bertz CT molecular complexity index is 1520. The first-order valence-corrected chi connectivity index (χ1v) is 13.8. The number of amides is 2. The van der Waals surface area contributed by atoms with Gasteiger partial charge in [-0.3, -0.25) is 9.59 Å². The Morgan fingerprint density at radius 2 is 1.76 bits per heavy atom. The number of hydrogen-bond acceptors (Lipinski definition) is 6. The maximum absolute atomic E-state index is 13.8. The molecule has 3 aromatic carbocycles. The molecule has 5 rings (SSSR count). The molecule has 10 heteroatoms. The Kier molecular flexibility index (Phi) is 6.90. The number of para-hydroxylation sites is 2. The van der Waals surface area contributed by atoms with Gasteiger partial charge >= 0.3 is 0 Å². The molecule has 0 radical (unpaired) electrons. The topological polar surface area (TPSA) is 108 Å². The quantitative estimate of drug-likeness (QED) is 0.518. The molecule has 0 fully saturated rings. The van der Waals surface area contributed by atoms with Gasteiger partial charge in [-0.1, -0.05) is 49.4 Å². The number of hydrogen-bond donors (Lipinski definition) is 1. The van der Waals surface area contributed by atoms with Crippen molar-refractivity contribution < 1.29 is 22.7 Å². The molecule has 3 aromatic rings. The molecule has 0 spiro atoms. The third-order valence-corrected chi connectivity index (χ3v) is 7.87. The average Bonchev–Trinajstić information content (AvgIpc) is 2.93. The highest BCUT2D eigenvalue weighted by Crippen LogP contribution is 2.36. The standard InChI is InChI=1S/C28H28N4O5S/c1-3-15-31-19(2)30-38(35,36)26-16-21(13-14-23(26)31)28(34)32-18-25(37-24-12-8-7-11-22(24)32)27(33)29-17-20-9-5-4-6-10-20/h4-14,16,25H,3,15,17-18H2,1-2H3,(H,29,33)/t25-/m0/s1. The zero-order valence-corrected chi connectivity index (χ0v) is 21.9. The lowest BCUT2D eigenvalue weighted by molar-refractivity contribution is -0.128. The number of carbonyl (C=O) groups excluding carboxylic acids is 2. The molecule has 0 aliphatic carbocycles. The van der Waals surface area contributed by atoms with E-state index in [4.69, 9.17) is 4.74 Å². The number of amidine groups is 1. The molecular formula is C28H28N4O5S. The lowest BCUT2D eigenvalue weighted by Crippen LogP contribution is -2.50. The Hall–Kier alpha value is -4.18. The molecule has 2 heterocycles. The largest absolute Gasteiger partial charge is 0.477 e. The second-order valence-corrected chi connectivity index (χ2v) is 10.7. The number of nitrogens with one attached hydrogen (secondary N) is 1. The van der Waals surface area contributed by atoms with E-state index in [1.807, 2.05) is 42.2 Å². The number of nitrogens with zero attached hydrogens (tertiary/aromatic N) is 3. The predicted molar refractivity (Wildman–Crippen MR) is 145 cm³/mol. The molecule has 1 N–H and O–H groups in total. The van der Waals surface area contributed by atoms with Crippen LogP contribution >= 0.6 is 0 Å². The van der Waals surface area contributed by atoms with Gasteiger partial charge in [0.2, 0.25) is 0 Å². The molecule has 2 aliphatic heterocycles. The minimum Gasteiger partial charge on any atom is -0.477 e. The summed E-state index contributed by atoms with van der Waals surface area (Å²) in [5.74, 6) is -0.00102. The SMILES string of the molecule is CCCN1C(C)=NS(=O)(=O)c2cc(C(=O)N3C[C@@H](C(=O)NCc4ccccc4)Oc4ccccc43)ccc21. The number of carbonyl (C=O) groups is 2. The molecule has 0 bridgehead atoms. The summed E-state index contributed by atoms with van der Waals surface area (Å²) in [6.07, 6.45) is -0.142. The molecule has 2 aliphatic rings. The van der Waals surface area contributed by atoms with E-state index in [2.05, 4.69) is 9.71 Å². The summed E-state index contributed by atoms with van der Waals surface area (Å²) in [5, 5.41) is 2.87. The highest BCUT2D eigenvalue weighted by Gasteiger charge is 2.35. The van der Waals surface area contributed by atoms with Gasteiger partial charge < -0.3 is 19.9 Å². The van der Waals surface area contributed by atoms with E-state index >= 15 is 0 Å². The Balaban J connectivity index is 1.44. The number of fused-ring (bicyclic) bond motifs is 2. The highest BCUT2D eigenvalue weighted by molar-refractivity contribution is 7.90.